The molecule has 0 aromatic heterocycles. The quantitative estimate of drug-likeness (QED) is 0.742. The fourth-order valence-corrected chi connectivity index (χ4v) is 3.33. The van der Waals surface area contributed by atoms with Gasteiger partial charge in [-0.15, -0.1) is 0 Å². The second-order valence-corrected chi connectivity index (χ2v) is 5.65. The highest BCUT2D eigenvalue weighted by molar-refractivity contribution is 7.87. The van der Waals surface area contributed by atoms with Crippen LogP contribution < -0.4 is 10.0 Å². The first kappa shape index (κ1) is 15.2. The van der Waals surface area contributed by atoms with Gasteiger partial charge in [-0.3, -0.25) is 0 Å². The fraction of sp³-hybridized carbons (Fsp3) is 0.900. The highest BCUT2D eigenvalue weighted by Crippen LogP contribution is 2.13. The van der Waals surface area contributed by atoms with Gasteiger partial charge in [0.1, 0.15) is 0 Å². The molecular weight excluding hydrogens is 258 g/mol. The number of nitrogens with one attached hydrogen (secondary N) is 2. The van der Waals surface area contributed by atoms with Gasteiger partial charge in [0.15, 0.2) is 0 Å². The molecule has 18 heavy (non-hydrogen) atoms. The Morgan fingerprint density at radius 2 is 2.22 bits per heavy atom. The maximum atomic E-state index is 12.0. The van der Waals surface area contributed by atoms with Crippen molar-refractivity contribution >= 4 is 16.3 Å². The van der Waals surface area contributed by atoms with Crippen molar-refractivity contribution in [1.29, 1.82) is 0 Å². The monoisotopic (exact) mass is 279 g/mol. The second kappa shape index (κ2) is 6.91. The number of rotatable bonds is 5. The van der Waals surface area contributed by atoms with Crippen LogP contribution in [0.2, 0.25) is 0 Å². The van der Waals surface area contributed by atoms with Crippen LogP contribution in [-0.2, 0) is 14.9 Å². The Hall–Kier alpha value is -0.860. The molecule has 1 aliphatic rings. The molecule has 7 nitrogen and oxygen atoms in total. The van der Waals surface area contributed by atoms with Crippen molar-refractivity contribution in [2.45, 2.75) is 32.7 Å². The molecule has 0 radical (unpaired) electrons. The van der Waals surface area contributed by atoms with Crippen LogP contribution in [0.1, 0.15) is 26.7 Å². The van der Waals surface area contributed by atoms with Crippen molar-refractivity contribution in [1.82, 2.24) is 14.3 Å². The van der Waals surface area contributed by atoms with Crippen LogP contribution in [-0.4, -0.2) is 51.1 Å². The molecule has 1 amide bonds. The van der Waals surface area contributed by atoms with Crippen LogP contribution in [0, 0.1) is 0 Å². The van der Waals surface area contributed by atoms with E-state index in [0.717, 1.165) is 19.4 Å². The number of carbonyl (C=O) groups excluding carboxylic acids is 1. The molecule has 1 rings (SSSR count). The van der Waals surface area contributed by atoms with Gasteiger partial charge in [-0.05, 0) is 26.3 Å². The maximum absolute atomic E-state index is 12.0. The van der Waals surface area contributed by atoms with Crippen molar-refractivity contribution in [2.75, 3.05) is 26.2 Å². The van der Waals surface area contributed by atoms with Crippen molar-refractivity contribution in [3.8, 4) is 0 Å². The summed E-state index contributed by atoms with van der Waals surface area (Å²) in [6, 6.07) is -0.115. The average Bonchev–Trinajstić information content (AvgIpc) is 2.30. The molecule has 8 heteroatoms. The molecule has 1 atom stereocenters. The minimum atomic E-state index is -3.82. The molecule has 1 heterocycles. The molecule has 1 fully saturated rings. The molecule has 1 aliphatic heterocycles. The molecule has 0 bridgehead atoms. The van der Waals surface area contributed by atoms with E-state index in [4.69, 9.17) is 0 Å². The molecule has 0 spiro atoms. The van der Waals surface area contributed by atoms with Gasteiger partial charge >= 0.3 is 16.3 Å². The number of likely N-dealkylation sites (N-methyl/N-ethyl adjacent to an activating group) is 1. The first-order valence-electron chi connectivity index (χ1n) is 6.18. The molecule has 0 aliphatic carbocycles. The first-order chi connectivity index (χ1) is 8.51. The number of carbonyl (C=O) groups is 1. The van der Waals surface area contributed by atoms with Crippen LogP contribution in [0.15, 0.2) is 0 Å². The molecule has 1 saturated heterocycles. The highest BCUT2D eigenvalue weighted by Gasteiger charge is 2.31. The Morgan fingerprint density at radius 1 is 1.50 bits per heavy atom. The summed E-state index contributed by atoms with van der Waals surface area (Å²) in [5, 5.41) is 3.15. The minimum Gasteiger partial charge on any atom is -0.449 e. The highest BCUT2D eigenvalue weighted by atomic mass is 32.2. The molecule has 0 saturated carbocycles. The van der Waals surface area contributed by atoms with Crippen LogP contribution in [0.4, 0.5) is 4.79 Å². The Labute approximate surface area is 108 Å². The van der Waals surface area contributed by atoms with E-state index in [1.807, 2.05) is 4.72 Å². The smallest absolute Gasteiger partial charge is 0.421 e. The standard InChI is InChI=1S/C10H21N3O4S/c1-3-13(9-6-5-7-11-8-9)18(15,16)12-10(14)17-4-2/h9,11H,3-8H2,1-2H3,(H,12,14). The van der Waals surface area contributed by atoms with E-state index in [-0.39, 0.29) is 12.6 Å². The Morgan fingerprint density at radius 3 is 2.72 bits per heavy atom. The lowest BCUT2D eigenvalue weighted by Gasteiger charge is -2.32. The summed E-state index contributed by atoms with van der Waals surface area (Å²) in [5.41, 5.74) is 0. The third-order valence-electron chi connectivity index (χ3n) is 2.79. The zero-order valence-corrected chi connectivity index (χ0v) is 11.6. The number of amides is 1. The van der Waals surface area contributed by atoms with Crippen molar-refractivity contribution < 1.29 is 17.9 Å². The minimum absolute atomic E-state index is 0.115. The van der Waals surface area contributed by atoms with Crippen molar-refractivity contribution in [3.63, 3.8) is 0 Å². The lowest BCUT2D eigenvalue weighted by Crippen LogP contribution is -2.53. The lowest BCUT2D eigenvalue weighted by atomic mass is 10.1. The zero-order chi connectivity index (χ0) is 13.6. The number of nitrogens with zero attached hydrogens (tertiary/aromatic N) is 1. The summed E-state index contributed by atoms with van der Waals surface area (Å²) in [7, 11) is -3.82. The summed E-state index contributed by atoms with van der Waals surface area (Å²) in [4.78, 5) is 11.2. The maximum Gasteiger partial charge on any atom is 0.421 e. The largest absolute Gasteiger partial charge is 0.449 e. The Kier molecular flexibility index (Phi) is 5.83. The van der Waals surface area contributed by atoms with Gasteiger partial charge in [0, 0.05) is 19.1 Å². The lowest BCUT2D eigenvalue weighted by molar-refractivity contribution is 0.157. The van der Waals surface area contributed by atoms with Gasteiger partial charge < -0.3 is 10.1 Å². The fourth-order valence-electron chi connectivity index (χ4n) is 2.03. The van der Waals surface area contributed by atoms with Gasteiger partial charge in [-0.1, -0.05) is 6.92 Å². The molecule has 0 aromatic rings. The van der Waals surface area contributed by atoms with Gasteiger partial charge in [-0.2, -0.15) is 12.7 Å². The molecule has 1 unspecified atom stereocenters. The predicted octanol–water partition coefficient (Wildman–Crippen LogP) is 0.0512. The summed E-state index contributed by atoms with van der Waals surface area (Å²) in [6.45, 7) is 5.34. The SMILES string of the molecule is CCOC(=O)NS(=O)(=O)N(CC)C1CCCNC1. The van der Waals surface area contributed by atoms with Crippen molar-refractivity contribution in [3.05, 3.63) is 0 Å². The Balaban J connectivity index is 2.69. The summed E-state index contributed by atoms with van der Waals surface area (Å²) >= 11 is 0. The van der Waals surface area contributed by atoms with Crippen LogP contribution in [0.3, 0.4) is 0 Å². The number of hydrogen-bond acceptors (Lipinski definition) is 5. The van der Waals surface area contributed by atoms with Gasteiger partial charge in [0.05, 0.1) is 6.61 Å². The summed E-state index contributed by atoms with van der Waals surface area (Å²) < 4.78 is 31.9. The van der Waals surface area contributed by atoms with E-state index in [0.29, 0.717) is 13.1 Å². The van der Waals surface area contributed by atoms with E-state index in [9.17, 15) is 13.2 Å². The van der Waals surface area contributed by atoms with E-state index >= 15 is 0 Å². The summed E-state index contributed by atoms with van der Waals surface area (Å²) in [6.07, 6.45) is 0.792. The van der Waals surface area contributed by atoms with Gasteiger partial charge in [0.2, 0.25) is 0 Å². The molecular formula is C10H21N3O4S. The normalized spacial score (nSPS) is 20.7. The molecule has 2 N–H and O–H groups in total. The first-order valence-corrected chi connectivity index (χ1v) is 7.62. The zero-order valence-electron chi connectivity index (χ0n) is 10.8. The average molecular weight is 279 g/mol. The Bertz CT molecular complexity index is 365. The third-order valence-corrected chi connectivity index (χ3v) is 4.38. The van der Waals surface area contributed by atoms with E-state index in [1.165, 1.54) is 4.31 Å². The topological polar surface area (TPSA) is 87.7 Å². The number of piperidine rings is 1. The molecule has 0 aromatic carbocycles. The number of hydrogen-bond donors (Lipinski definition) is 2. The second-order valence-electron chi connectivity index (χ2n) is 4.03. The third kappa shape index (κ3) is 4.11. The van der Waals surface area contributed by atoms with Crippen molar-refractivity contribution in [2.24, 2.45) is 0 Å². The van der Waals surface area contributed by atoms with Crippen LogP contribution >= 0.6 is 0 Å². The van der Waals surface area contributed by atoms with Gasteiger partial charge in [-0.25, -0.2) is 9.52 Å². The van der Waals surface area contributed by atoms with Crippen LogP contribution in [0.5, 0.6) is 0 Å². The predicted molar refractivity (Wildman–Crippen MR) is 67.3 cm³/mol. The number of ether oxygens (including phenoxy) is 1. The molecule has 106 valence electrons. The van der Waals surface area contributed by atoms with Crippen LogP contribution in [0.25, 0.3) is 0 Å². The van der Waals surface area contributed by atoms with E-state index < -0.39 is 16.3 Å². The van der Waals surface area contributed by atoms with E-state index in [2.05, 4.69) is 10.1 Å². The van der Waals surface area contributed by atoms with Gasteiger partial charge in [0.25, 0.3) is 0 Å². The van der Waals surface area contributed by atoms with E-state index in [1.54, 1.807) is 13.8 Å². The summed E-state index contributed by atoms with van der Waals surface area (Å²) in [5.74, 6) is 0.